The van der Waals surface area contributed by atoms with Gasteiger partial charge < -0.3 is 13.7 Å². The second kappa shape index (κ2) is 15.5. The molecular formula is C61H38N8. The van der Waals surface area contributed by atoms with Gasteiger partial charge in [0.05, 0.1) is 44.8 Å². The Hall–Kier alpha value is -9.53. The first-order valence-electron chi connectivity index (χ1n) is 23.1. The molecule has 0 aliphatic heterocycles. The van der Waals surface area contributed by atoms with E-state index >= 15 is 0 Å². The van der Waals surface area contributed by atoms with Crippen LogP contribution in [0, 0.1) is 0 Å². The Morgan fingerprint density at radius 3 is 1.41 bits per heavy atom. The summed E-state index contributed by atoms with van der Waals surface area (Å²) in [6, 6.07) is 77.0. The first-order valence-corrected chi connectivity index (χ1v) is 23.1. The Morgan fingerprint density at radius 1 is 0.275 bits per heavy atom. The van der Waals surface area contributed by atoms with Crippen LogP contribution in [0.3, 0.4) is 0 Å². The van der Waals surface area contributed by atoms with Crippen molar-refractivity contribution in [3.05, 3.63) is 231 Å². The molecule has 5 heterocycles. The third-order valence-electron chi connectivity index (χ3n) is 13.4. The van der Waals surface area contributed by atoms with Crippen molar-refractivity contribution in [3.8, 4) is 62.4 Å². The van der Waals surface area contributed by atoms with Crippen LogP contribution in [-0.4, -0.2) is 38.6 Å². The highest BCUT2D eigenvalue weighted by Crippen LogP contribution is 2.40. The van der Waals surface area contributed by atoms with Gasteiger partial charge in [-0.2, -0.15) is 0 Å². The smallest absolute Gasteiger partial charge is 0.164 e. The lowest BCUT2D eigenvalue weighted by molar-refractivity contribution is 1.07. The average Bonchev–Trinajstić information content (AvgIpc) is 4.06. The van der Waals surface area contributed by atoms with Gasteiger partial charge in [-0.3, -0.25) is 0 Å². The van der Waals surface area contributed by atoms with Gasteiger partial charge in [0.2, 0.25) is 0 Å². The number of para-hydroxylation sites is 3. The molecule has 322 valence electrons. The second-order valence-electron chi connectivity index (χ2n) is 17.4. The topological polar surface area (TPSA) is 79.2 Å². The molecule has 8 nitrogen and oxygen atoms in total. The fourth-order valence-electron chi connectivity index (χ4n) is 10.3. The summed E-state index contributed by atoms with van der Waals surface area (Å²) < 4.78 is 7.00. The normalized spacial score (nSPS) is 11.8. The van der Waals surface area contributed by atoms with Gasteiger partial charge in [-0.25, -0.2) is 24.9 Å². The van der Waals surface area contributed by atoms with Crippen molar-refractivity contribution in [2.45, 2.75) is 0 Å². The van der Waals surface area contributed by atoms with Crippen LogP contribution in [0.15, 0.2) is 231 Å². The van der Waals surface area contributed by atoms with Crippen LogP contribution in [0.2, 0.25) is 0 Å². The number of rotatable bonds is 7. The molecule has 5 aromatic heterocycles. The van der Waals surface area contributed by atoms with E-state index in [2.05, 4.69) is 170 Å². The summed E-state index contributed by atoms with van der Waals surface area (Å²) >= 11 is 0. The minimum atomic E-state index is 0.626. The highest BCUT2D eigenvalue weighted by molar-refractivity contribution is 6.13. The highest BCUT2D eigenvalue weighted by atomic mass is 15.0. The van der Waals surface area contributed by atoms with E-state index in [1.54, 1.807) is 6.33 Å². The summed E-state index contributed by atoms with van der Waals surface area (Å²) in [5.74, 6) is 1.91. The standard InChI is InChI=1S/C61H38N8/c1-4-14-39(15-5-1)59-64-60(40-16-6-2-7-17-40)66-61(65-59)41-24-28-45(29-25-41)67-52-22-12-10-20-47(52)49-31-26-43(35-56(49)67)42-27-32-54-50(34-42)48-21-11-13-23-53(48)69(54)46-30-33-55-51(36-46)58-57(37-62-38-63-58)68(55)44-18-8-3-9-19-44/h1-38H. The zero-order valence-electron chi connectivity index (χ0n) is 37.0. The Balaban J connectivity index is 0.879. The molecule has 0 unspecified atom stereocenters. The largest absolute Gasteiger partial charge is 0.309 e. The molecule has 8 heteroatoms. The predicted molar refractivity (Wildman–Crippen MR) is 280 cm³/mol. The number of hydrogen-bond donors (Lipinski definition) is 0. The molecule has 0 fully saturated rings. The number of benzene rings is 9. The maximum atomic E-state index is 4.99. The van der Waals surface area contributed by atoms with Crippen LogP contribution >= 0.6 is 0 Å². The molecule has 0 spiro atoms. The summed E-state index contributed by atoms with van der Waals surface area (Å²) in [6.07, 6.45) is 3.55. The SMILES string of the molecule is c1ccc(-c2nc(-c3ccccc3)nc(-c3ccc(-n4c5ccccc5c5ccc(-c6ccc7c(c6)c6ccccc6n7-c6ccc7c(c6)c6ncncc6n7-c6ccccc6)cc54)cc3)n2)cc1. The molecule has 9 aromatic carbocycles. The lowest BCUT2D eigenvalue weighted by Crippen LogP contribution is -2.00. The summed E-state index contributed by atoms with van der Waals surface area (Å²) in [4.78, 5) is 24.1. The van der Waals surface area contributed by atoms with Gasteiger partial charge in [0.25, 0.3) is 0 Å². The first-order chi connectivity index (χ1) is 34.2. The lowest BCUT2D eigenvalue weighted by Gasteiger charge is -2.12. The van der Waals surface area contributed by atoms with E-state index in [1.165, 1.54) is 21.5 Å². The average molecular weight is 883 g/mol. The highest BCUT2D eigenvalue weighted by Gasteiger charge is 2.20. The maximum Gasteiger partial charge on any atom is 0.164 e. The van der Waals surface area contributed by atoms with Crippen LogP contribution in [0.1, 0.15) is 0 Å². The van der Waals surface area contributed by atoms with Crippen molar-refractivity contribution >= 4 is 65.5 Å². The number of aromatic nitrogens is 8. The van der Waals surface area contributed by atoms with E-state index < -0.39 is 0 Å². The molecule has 14 rings (SSSR count). The molecule has 0 saturated heterocycles. The molecule has 0 N–H and O–H groups in total. The fourth-order valence-corrected chi connectivity index (χ4v) is 10.3. The fraction of sp³-hybridized carbons (Fsp3) is 0. The van der Waals surface area contributed by atoms with Gasteiger partial charge in [0.1, 0.15) is 6.33 Å². The maximum absolute atomic E-state index is 4.99. The van der Waals surface area contributed by atoms with Crippen molar-refractivity contribution in [2.75, 3.05) is 0 Å². The molecule has 14 aromatic rings. The Bertz CT molecular complexity index is 4230. The van der Waals surface area contributed by atoms with E-state index in [4.69, 9.17) is 19.9 Å². The van der Waals surface area contributed by atoms with Crippen molar-refractivity contribution < 1.29 is 0 Å². The lowest BCUT2D eigenvalue weighted by atomic mass is 10.0. The molecule has 69 heavy (non-hydrogen) atoms. The molecule has 0 radical (unpaired) electrons. The monoisotopic (exact) mass is 882 g/mol. The summed E-state index contributed by atoms with van der Waals surface area (Å²) in [7, 11) is 0. The summed E-state index contributed by atoms with van der Waals surface area (Å²) in [5, 5.41) is 5.87. The third kappa shape index (κ3) is 6.27. The minimum Gasteiger partial charge on any atom is -0.309 e. The van der Waals surface area contributed by atoms with E-state index in [9.17, 15) is 0 Å². The molecule has 0 aliphatic carbocycles. The zero-order valence-corrected chi connectivity index (χ0v) is 37.0. The third-order valence-corrected chi connectivity index (χ3v) is 13.4. The predicted octanol–water partition coefficient (Wildman–Crippen LogP) is 14.6. The minimum absolute atomic E-state index is 0.626. The quantitative estimate of drug-likeness (QED) is 0.159. The second-order valence-corrected chi connectivity index (χ2v) is 17.4. The Morgan fingerprint density at radius 2 is 0.725 bits per heavy atom. The van der Waals surface area contributed by atoms with Gasteiger partial charge >= 0.3 is 0 Å². The van der Waals surface area contributed by atoms with Crippen molar-refractivity contribution in [1.29, 1.82) is 0 Å². The molecule has 0 amide bonds. The van der Waals surface area contributed by atoms with Crippen LogP contribution in [0.4, 0.5) is 0 Å². The van der Waals surface area contributed by atoms with Crippen LogP contribution < -0.4 is 0 Å². The molecule has 0 bridgehead atoms. The van der Waals surface area contributed by atoms with E-state index in [1.807, 2.05) is 72.9 Å². The van der Waals surface area contributed by atoms with Gasteiger partial charge in [0, 0.05) is 60.7 Å². The van der Waals surface area contributed by atoms with Gasteiger partial charge in [-0.15, -0.1) is 0 Å². The van der Waals surface area contributed by atoms with Crippen LogP contribution in [-0.2, 0) is 0 Å². The number of hydrogen-bond acceptors (Lipinski definition) is 5. The Labute approximate surface area is 395 Å². The van der Waals surface area contributed by atoms with E-state index in [0.717, 1.165) is 88.9 Å². The van der Waals surface area contributed by atoms with E-state index in [0.29, 0.717) is 17.5 Å². The molecule has 0 saturated carbocycles. The zero-order chi connectivity index (χ0) is 45.4. The van der Waals surface area contributed by atoms with Crippen molar-refractivity contribution in [1.82, 2.24) is 38.6 Å². The van der Waals surface area contributed by atoms with Gasteiger partial charge in [0.15, 0.2) is 17.5 Å². The molecular weight excluding hydrogens is 845 g/mol. The Kier molecular flexibility index (Phi) is 8.72. The first kappa shape index (κ1) is 38.7. The molecule has 0 atom stereocenters. The van der Waals surface area contributed by atoms with Crippen molar-refractivity contribution in [3.63, 3.8) is 0 Å². The molecule has 0 aliphatic rings. The van der Waals surface area contributed by atoms with Crippen LogP contribution in [0.5, 0.6) is 0 Å². The summed E-state index contributed by atoms with van der Waals surface area (Å²) in [5.41, 5.74) is 15.9. The summed E-state index contributed by atoms with van der Waals surface area (Å²) in [6.45, 7) is 0. The van der Waals surface area contributed by atoms with Crippen LogP contribution in [0.25, 0.3) is 128 Å². The number of nitrogens with zero attached hydrogens (tertiary/aromatic N) is 8. The number of fused-ring (bicyclic) bond motifs is 9. The van der Waals surface area contributed by atoms with Gasteiger partial charge in [-0.1, -0.05) is 133 Å². The van der Waals surface area contributed by atoms with Crippen molar-refractivity contribution in [2.24, 2.45) is 0 Å². The van der Waals surface area contributed by atoms with E-state index in [-0.39, 0.29) is 0 Å². The van der Waals surface area contributed by atoms with Gasteiger partial charge in [-0.05, 0) is 96.1 Å².